The van der Waals surface area contributed by atoms with Crippen LogP contribution in [0.4, 0.5) is 5.95 Å². The minimum Gasteiger partial charge on any atom is -0.369 e. The molecule has 4 bridgehead atoms. The third kappa shape index (κ3) is 1.12. The quantitative estimate of drug-likeness (QED) is 0.759. The average Bonchev–Trinajstić information content (AvgIpc) is 2.63. The summed E-state index contributed by atoms with van der Waals surface area (Å²) in [6.45, 7) is 0. The van der Waals surface area contributed by atoms with E-state index >= 15 is 0 Å². The molecular weight excluding hydrogens is 198 g/mol. The zero-order valence-corrected chi connectivity index (χ0v) is 9.58. The zero-order valence-electron chi connectivity index (χ0n) is 9.58. The number of aromatic amines is 1. The third-order valence-corrected chi connectivity index (χ3v) is 5.21. The molecule has 16 heavy (non-hydrogen) atoms. The van der Waals surface area contributed by atoms with Crippen LogP contribution in [0.25, 0.3) is 0 Å². The molecule has 1 aromatic heterocycles. The van der Waals surface area contributed by atoms with E-state index in [-0.39, 0.29) is 0 Å². The Bertz CT molecular complexity index is 385. The van der Waals surface area contributed by atoms with Gasteiger partial charge < -0.3 is 10.7 Å². The molecule has 4 fully saturated rings. The van der Waals surface area contributed by atoms with Crippen LogP contribution in [0, 0.1) is 17.8 Å². The van der Waals surface area contributed by atoms with Gasteiger partial charge in [-0.25, -0.2) is 4.98 Å². The van der Waals surface area contributed by atoms with Gasteiger partial charge in [0.2, 0.25) is 0 Å². The number of nitrogen functional groups attached to an aromatic ring is 1. The average molecular weight is 217 g/mol. The van der Waals surface area contributed by atoms with Crippen LogP contribution in [0.3, 0.4) is 0 Å². The maximum absolute atomic E-state index is 5.73. The van der Waals surface area contributed by atoms with E-state index in [9.17, 15) is 0 Å². The van der Waals surface area contributed by atoms with Gasteiger partial charge in [-0.1, -0.05) is 0 Å². The molecular formula is C13H19N3. The maximum Gasteiger partial charge on any atom is 0.197 e. The normalized spacial score (nSPS) is 45.1. The lowest BCUT2D eigenvalue weighted by molar-refractivity contribution is -0.00698. The number of hydrogen-bond donors (Lipinski definition) is 2. The van der Waals surface area contributed by atoms with Crippen LogP contribution in [0.5, 0.6) is 0 Å². The van der Waals surface area contributed by atoms with Gasteiger partial charge in [-0.15, -0.1) is 0 Å². The second kappa shape index (κ2) is 2.82. The zero-order chi connectivity index (χ0) is 10.8. The molecule has 3 heteroatoms. The number of H-pyrrole nitrogens is 1. The van der Waals surface area contributed by atoms with Crippen molar-refractivity contribution in [3.63, 3.8) is 0 Å². The fourth-order valence-corrected chi connectivity index (χ4v) is 5.05. The van der Waals surface area contributed by atoms with Crippen molar-refractivity contribution in [3.8, 4) is 0 Å². The van der Waals surface area contributed by atoms with E-state index in [1.54, 1.807) is 0 Å². The number of nitrogens with zero attached hydrogens (tertiary/aromatic N) is 1. The summed E-state index contributed by atoms with van der Waals surface area (Å²) in [5, 5.41) is 0. The first kappa shape index (κ1) is 9.08. The molecule has 0 spiro atoms. The van der Waals surface area contributed by atoms with Crippen LogP contribution in [0.1, 0.15) is 44.2 Å². The molecule has 0 radical (unpaired) electrons. The van der Waals surface area contributed by atoms with E-state index in [2.05, 4.69) is 9.97 Å². The summed E-state index contributed by atoms with van der Waals surface area (Å²) in [7, 11) is 0. The molecule has 0 aromatic carbocycles. The molecule has 1 aromatic rings. The van der Waals surface area contributed by atoms with Crippen molar-refractivity contribution in [2.24, 2.45) is 17.8 Å². The Kier molecular flexibility index (Phi) is 1.60. The summed E-state index contributed by atoms with van der Waals surface area (Å²) in [6, 6.07) is 0. The van der Waals surface area contributed by atoms with Crippen molar-refractivity contribution in [1.29, 1.82) is 0 Å². The predicted octanol–water partition coefficient (Wildman–Crippen LogP) is 2.46. The van der Waals surface area contributed by atoms with Crippen molar-refractivity contribution < 1.29 is 0 Å². The Labute approximate surface area is 95.8 Å². The molecule has 5 rings (SSSR count). The summed E-state index contributed by atoms with van der Waals surface area (Å²) in [5.74, 6) is 3.54. The lowest BCUT2D eigenvalue weighted by Gasteiger charge is -2.56. The van der Waals surface area contributed by atoms with Crippen molar-refractivity contribution in [2.45, 2.75) is 43.9 Å². The minimum atomic E-state index is 0.416. The van der Waals surface area contributed by atoms with E-state index in [1.807, 2.05) is 6.20 Å². The SMILES string of the molecule is Nc1ncc(C23CC4CC(CC(C4)C2)C3)[nH]1. The molecule has 0 saturated heterocycles. The summed E-state index contributed by atoms with van der Waals surface area (Å²) in [5.41, 5.74) is 7.47. The smallest absolute Gasteiger partial charge is 0.197 e. The Morgan fingerprint density at radius 3 is 2.12 bits per heavy atom. The maximum atomic E-state index is 5.73. The second-order valence-corrected chi connectivity index (χ2v) is 6.38. The molecule has 3 nitrogen and oxygen atoms in total. The number of imidazole rings is 1. The highest BCUT2D eigenvalue weighted by atomic mass is 15.0. The molecule has 0 amide bonds. The van der Waals surface area contributed by atoms with Gasteiger partial charge in [0.1, 0.15) is 0 Å². The fraction of sp³-hybridized carbons (Fsp3) is 0.769. The fourth-order valence-electron chi connectivity index (χ4n) is 5.05. The number of nitrogens with one attached hydrogen (secondary N) is 1. The monoisotopic (exact) mass is 217 g/mol. The van der Waals surface area contributed by atoms with Crippen LogP contribution in [-0.2, 0) is 5.41 Å². The van der Waals surface area contributed by atoms with Gasteiger partial charge in [0.25, 0.3) is 0 Å². The van der Waals surface area contributed by atoms with Gasteiger partial charge in [0.15, 0.2) is 5.95 Å². The highest BCUT2D eigenvalue weighted by Gasteiger charge is 2.52. The van der Waals surface area contributed by atoms with Gasteiger partial charge in [-0.3, -0.25) is 0 Å². The second-order valence-electron chi connectivity index (χ2n) is 6.38. The summed E-state index contributed by atoms with van der Waals surface area (Å²) in [6.07, 6.45) is 10.6. The Hall–Kier alpha value is -0.990. The predicted molar refractivity (Wildman–Crippen MR) is 62.9 cm³/mol. The van der Waals surface area contributed by atoms with Crippen molar-refractivity contribution in [3.05, 3.63) is 11.9 Å². The largest absolute Gasteiger partial charge is 0.369 e. The Morgan fingerprint density at radius 2 is 1.69 bits per heavy atom. The van der Waals surface area contributed by atoms with Crippen molar-refractivity contribution in [1.82, 2.24) is 9.97 Å². The Morgan fingerprint density at radius 1 is 1.12 bits per heavy atom. The topological polar surface area (TPSA) is 54.7 Å². The van der Waals surface area contributed by atoms with Crippen molar-refractivity contribution in [2.75, 3.05) is 5.73 Å². The van der Waals surface area contributed by atoms with Gasteiger partial charge in [-0.05, 0) is 56.3 Å². The van der Waals surface area contributed by atoms with E-state index in [0.717, 1.165) is 17.8 Å². The molecule has 0 unspecified atom stereocenters. The summed E-state index contributed by atoms with van der Waals surface area (Å²) >= 11 is 0. The van der Waals surface area contributed by atoms with Crippen LogP contribution >= 0.6 is 0 Å². The van der Waals surface area contributed by atoms with Crippen LogP contribution in [0.2, 0.25) is 0 Å². The number of nitrogens with two attached hydrogens (primary N) is 1. The van der Waals surface area contributed by atoms with Gasteiger partial charge in [0, 0.05) is 11.1 Å². The first-order valence-corrected chi connectivity index (χ1v) is 6.54. The number of rotatable bonds is 1. The molecule has 4 aliphatic rings. The molecule has 4 aliphatic carbocycles. The molecule has 0 atom stereocenters. The van der Waals surface area contributed by atoms with Gasteiger partial charge in [-0.2, -0.15) is 0 Å². The van der Waals surface area contributed by atoms with E-state index in [0.29, 0.717) is 11.4 Å². The van der Waals surface area contributed by atoms with Crippen molar-refractivity contribution >= 4 is 5.95 Å². The van der Waals surface area contributed by atoms with E-state index < -0.39 is 0 Å². The molecule has 0 aliphatic heterocycles. The first-order chi connectivity index (χ1) is 7.73. The lowest BCUT2D eigenvalue weighted by atomic mass is 9.49. The Balaban J connectivity index is 1.76. The molecule has 86 valence electrons. The minimum absolute atomic E-state index is 0.416. The van der Waals surface area contributed by atoms with Gasteiger partial charge in [0.05, 0.1) is 6.20 Å². The number of hydrogen-bond acceptors (Lipinski definition) is 2. The third-order valence-electron chi connectivity index (χ3n) is 5.21. The van der Waals surface area contributed by atoms with Crippen LogP contribution in [-0.4, -0.2) is 9.97 Å². The number of anilines is 1. The van der Waals surface area contributed by atoms with Crippen LogP contribution in [0.15, 0.2) is 6.20 Å². The highest BCUT2D eigenvalue weighted by Crippen LogP contribution is 2.60. The first-order valence-electron chi connectivity index (χ1n) is 6.54. The molecule has 4 saturated carbocycles. The standard InChI is InChI=1S/C13H19N3/c14-12-15-7-11(16-12)13-4-8-1-9(5-13)3-10(2-8)6-13/h7-10H,1-6H2,(H3,14,15,16). The number of aromatic nitrogens is 2. The van der Waals surface area contributed by atoms with E-state index in [1.165, 1.54) is 44.2 Å². The van der Waals surface area contributed by atoms with Gasteiger partial charge >= 0.3 is 0 Å². The summed E-state index contributed by atoms with van der Waals surface area (Å²) in [4.78, 5) is 7.50. The lowest BCUT2D eigenvalue weighted by Crippen LogP contribution is -2.48. The van der Waals surface area contributed by atoms with Crippen LogP contribution < -0.4 is 5.73 Å². The molecule has 3 N–H and O–H groups in total. The van der Waals surface area contributed by atoms with E-state index in [4.69, 9.17) is 5.73 Å². The summed E-state index contributed by atoms with van der Waals surface area (Å²) < 4.78 is 0. The highest BCUT2D eigenvalue weighted by molar-refractivity contribution is 5.27. The molecule has 1 heterocycles.